The number of hydrogen-bond donors (Lipinski definition) is 0. The molecule has 27 heavy (non-hydrogen) atoms. The van der Waals surface area contributed by atoms with Crippen LogP contribution in [0.2, 0.25) is 0 Å². The first kappa shape index (κ1) is 18.3. The molecule has 0 spiro atoms. The predicted octanol–water partition coefficient (Wildman–Crippen LogP) is 7.25. The summed E-state index contributed by atoms with van der Waals surface area (Å²) in [5, 5.41) is 13.4. The van der Waals surface area contributed by atoms with Crippen molar-refractivity contribution in [1.29, 1.82) is 0 Å². The van der Waals surface area contributed by atoms with Crippen LogP contribution in [0.3, 0.4) is 0 Å². The minimum Gasteiger partial charge on any atom is -0.0781 e. The molecule has 0 aliphatic carbocycles. The Hall–Kier alpha value is -2.04. The van der Waals surface area contributed by atoms with Crippen molar-refractivity contribution < 1.29 is 0 Å². The number of benzene rings is 4. The second kappa shape index (κ2) is 7.91. The minimum atomic E-state index is 1.08. The van der Waals surface area contributed by atoms with E-state index in [0.717, 1.165) is 37.1 Å². The molecule has 0 saturated heterocycles. The Bertz CT molecular complexity index is 1310. The lowest BCUT2D eigenvalue weighted by Gasteiger charge is -2.12. The van der Waals surface area contributed by atoms with Gasteiger partial charge in [0.1, 0.15) is 0 Å². The van der Waals surface area contributed by atoms with Crippen LogP contribution < -0.4 is 0 Å². The van der Waals surface area contributed by atoms with Gasteiger partial charge in [-0.25, -0.2) is 0 Å². The van der Waals surface area contributed by atoms with E-state index < -0.39 is 0 Å². The Morgan fingerprint density at radius 3 is 1.78 bits per heavy atom. The van der Waals surface area contributed by atoms with Gasteiger partial charge in [-0.1, -0.05) is 81.6 Å². The van der Waals surface area contributed by atoms with Crippen LogP contribution in [0, 0.1) is 22.3 Å². The molecule has 130 valence electrons. The van der Waals surface area contributed by atoms with Gasteiger partial charge in [0.2, 0.25) is 0 Å². The summed E-state index contributed by atoms with van der Waals surface area (Å²) in [7, 11) is 0. The third-order valence-corrected chi connectivity index (χ3v) is 5.60. The number of thioether (sulfide) groups is 2. The van der Waals surface area contributed by atoms with Gasteiger partial charge < -0.3 is 0 Å². The molecule has 0 atom stereocenters. The number of rotatable bonds is 0. The fourth-order valence-electron chi connectivity index (χ4n) is 3.36. The molecule has 0 fully saturated rings. The highest BCUT2D eigenvalue weighted by molar-refractivity contribution is 9.10. The van der Waals surface area contributed by atoms with Gasteiger partial charge in [0.25, 0.3) is 0 Å². The van der Waals surface area contributed by atoms with E-state index in [0.29, 0.717) is 0 Å². The van der Waals surface area contributed by atoms with E-state index in [1.165, 1.54) is 34.3 Å². The van der Waals surface area contributed by atoms with Crippen molar-refractivity contribution in [2.75, 3.05) is 12.5 Å². The second-order valence-corrected chi connectivity index (χ2v) is 8.19. The van der Waals surface area contributed by atoms with Crippen molar-refractivity contribution in [2.45, 2.75) is 0 Å². The lowest BCUT2D eigenvalue weighted by atomic mass is 9.90. The van der Waals surface area contributed by atoms with E-state index in [-0.39, 0.29) is 0 Å². The molecule has 4 aromatic carbocycles. The summed E-state index contributed by atoms with van der Waals surface area (Å²) in [6.45, 7) is 0. The zero-order chi connectivity index (χ0) is 18.8. The topological polar surface area (TPSA) is 0 Å². The van der Waals surface area contributed by atoms with Crippen LogP contribution in [0.25, 0.3) is 32.3 Å². The van der Waals surface area contributed by atoms with E-state index in [1.807, 2.05) is 12.5 Å². The average molecular weight is 447 g/mol. The molecule has 3 heteroatoms. The van der Waals surface area contributed by atoms with E-state index in [2.05, 4.69) is 92.9 Å². The highest BCUT2D eigenvalue weighted by Gasteiger charge is 2.13. The summed E-state index contributed by atoms with van der Waals surface area (Å²) in [5.41, 5.74) is 2.15. The molecule has 0 N–H and O–H groups in total. The molecule has 0 saturated carbocycles. The molecule has 0 aromatic heterocycles. The van der Waals surface area contributed by atoms with Gasteiger partial charge in [0, 0.05) is 15.6 Å². The van der Waals surface area contributed by atoms with Crippen LogP contribution in [0.4, 0.5) is 0 Å². The maximum Gasteiger partial charge on any atom is 0.0412 e. The molecule has 0 unspecified atom stereocenters. The standard InChI is InChI=1S/C24H15BrS2/c1-26-11-9-21-19-5-3-4-6-20(19)22(10-12-27-2)24-15-17-13-18(25)8-7-16(17)14-23(21)24/h3-8,13-15H,1-2H3. The summed E-state index contributed by atoms with van der Waals surface area (Å²) in [6.07, 6.45) is 4.00. The predicted molar refractivity (Wildman–Crippen MR) is 127 cm³/mol. The van der Waals surface area contributed by atoms with Gasteiger partial charge >= 0.3 is 0 Å². The fourth-order valence-corrected chi connectivity index (χ4v) is 4.15. The van der Waals surface area contributed by atoms with Crippen molar-refractivity contribution in [1.82, 2.24) is 0 Å². The fraction of sp³-hybridized carbons (Fsp3) is 0.0833. The Balaban J connectivity index is 2.27. The zero-order valence-corrected chi connectivity index (χ0v) is 18.1. The van der Waals surface area contributed by atoms with Crippen LogP contribution in [-0.2, 0) is 0 Å². The first-order valence-corrected chi connectivity index (χ1v) is 11.6. The normalized spacial score (nSPS) is 10.5. The van der Waals surface area contributed by atoms with E-state index in [1.54, 1.807) is 0 Å². The van der Waals surface area contributed by atoms with Gasteiger partial charge in [0.15, 0.2) is 0 Å². The highest BCUT2D eigenvalue weighted by atomic mass is 79.9. The Morgan fingerprint density at radius 1 is 0.667 bits per heavy atom. The van der Waals surface area contributed by atoms with Gasteiger partial charge in [-0.15, -0.1) is 0 Å². The van der Waals surface area contributed by atoms with Crippen molar-refractivity contribution >= 4 is 71.8 Å². The third kappa shape index (κ3) is 3.44. The summed E-state index contributed by atoms with van der Waals surface area (Å²) >= 11 is 6.67. The molecule has 4 aromatic rings. The SMILES string of the molecule is CSC#Cc1c2ccccc2c(C#CSC)c2cc3cc(Br)ccc3cc12. The van der Waals surface area contributed by atoms with Crippen molar-refractivity contribution in [3.63, 3.8) is 0 Å². The average Bonchev–Trinajstić information content (AvgIpc) is 2.69. The molecule has 0 bridgehead atoms. The number of fused-ring (bicyclic) bond motifs is 3. The van der Waals surface area contributed by atoms with Crippen LogP contribution in [0.5, 0.6) is 0 Å². The van der Waals surface area contributed by atoms with Crippen LogP contribution in [0.1, 0.15) is 11.1 Å². The molecular formula is C24H15BrS2. The zero-order valence-electron chi connectivity index (χ0n) is 14.9. The minimum absolute atomic E-state index is 1.08. The molecule has 0 heterocycles. The largest absolute Gasteiger partial charge is 0.0781 e. The van der Waals surface area contributed by atoms with E-state index >= 15 is 0 Å². The summed E-state index contributed by atoms with van der Waals surface area (Å²) in [5.74, 6) is 6.78. The lowest BCUT2D eigenvalue weighted by Crippen LogP contribution is -1.91. The van der Waals surface area contributed by atoms with Gasteiger partial charge in [-0.05, 0) is 79.6 Å². The lowest BCUT2D eigenvalue weighted by molar-refractivity contribution is 1.70. The van der Waals surface area contributed by atoms with E-state index in [4.69, 9.17) is 0 Å². The molecule has 4 rings (SSSR count). The van der Waals surface area contributed by atoms with Gasteiger partial charge in [-0.2, -0.15) is 0 Å². The highest BCUT2D eigenvalue weighted by Crippen LogP contribution is 2.35. The van der Waals surface area contributed by atoms with E-state index in [9.17, 15) is 0 Å². The Kier molecular flexibility index (Phi) is 5.37. The molecule has 0 nitrogen and oxygen atoms in total. The molecule has 0 aliphatic heterocycles. The maximum atomic E-state index is 3.59. The number of hydrogen-bond acceptors (Lipinski definition) is 2. The first-order valence-electron chi connectivity index (χ1n) is 8.38. The summed E-state index contributed by atoms with van der Waals surface area (Å²) in [6, 6.07) is 19.3. The van der Waals surface area contributed by atoms with Crippen molar-refractivity contribution in [3.05, 3.63) is 70.2 Å². The Labute approximate surface area is 176 Å². The third-order valence-electron chi connectivity index (χ3n) is 4.50. The molecule has 0 amide bonds. The van der Waals surface area contributed by atoms with Crippen molar-refractivity contribution in [2.24, 2.45) is 0 Å². The monoisotopic (exact) mass is 446 g/mol. The van der Waals surface area contributed by atoms with Crippen LogP contribution in [-0.4, -0.2) is 12.5 Å². The first-order chi connectivity index (χ1) is 13.2. The summed E-state index contributed by atoms with van der Waals surface area (Å²) in [4.78, 5) is 0. The smallest absolute Gasteiger partial charge is 0.0412 e. The van der Waals surface area contributed by atoms with Crippen molar-refractivity contribution in [3.8, 4) is 22.3 Å². The molecule has 0 radical (unpaired) electrons. The maximum absolute atomic E-state index is 3.59. The van der Waals surface area contributed by atoms with Gasteiger partial charge in [-0.3, -0.25) is 0 Å². The van der Waals surface area contributed by atoms with Gasteiger partial charge in [0.05, 0.1) is 0 Å². The van der Waals surface area contributed by atoms with Crippen LogP contribution >= 0.6 is 39.5 Å². The quantitative estimate of drug-likeness (QED) is 0.206. The molecular weight excluding hydrogens is 432 g/mol. The molecule has 0 aliphatic rings. The Morgan fingerprint density at radius 2 is 1.22 bits per heavy atom. The number of halogens is 1. The van der Waals surface area contributed by atoms with Crippen LogP contribution in [0.15, 0.2) is 59.1 Å². The summed E-state index contributed by atoms with van der Waals surface area (Å²) < 4.78 is 1.08. The second-order valence-electron chi connectivity index (χ2n) is 6.05.